The molecule has 4 aliphatic heterocycles. The molecule has 0 unspecified atom stereocenters. The quantitative estimate of drug-likeness (QED) is 0.0698. The number of halogens is 4. The Morgan fingerprint density at radius 2 is 0.977 bits per heavy atom. The lowest BCUT2D eigenvalue weighted by Crippen LogP contribution is -2.35. The number of carboxylic acid groups (broad SMARTS) is 1. The first-order valence-corrected chi connectivity index (χ1v) is 31.6. The van der Waals surface area contributed by atoms with Crippen LogP contribution >= 0.6 is 69.1 Å². The smallest absolute Gasteiger partial charge is 0.338 e. The van der Waals surface area contributed by atoms with E-state index in [9.17, 15) is 14.7 Å². The predicted octanol–water partition coefficient (Wildman–Crippen LogP) is 13.6. The van der Waals surface area contributed by atoms with Gasteiger partial charge in [-0.25, -0.2) is 9.59 Å². The second-order valence-electron chi connectivity index (χ2n) is 22.4. The van der Waals surface area contributed by atoms with Crippen molar-refractivity contribution in [2.45, 2.75) is 139 Å². The zero-order valence-electron chi connectivity index (χ0n) is 47.5. The highest BCUT2D eigenvalue weighted by Gasteiger charge is 2.52. The molecule has 0 spiro atoms. The van der Waals surface area contributed by atoms with Gasteiger partial charge in [-0.05, 0) is 102 Å². The van der Waals surface area contributed by atoms with Crippen LogP contribution in [0.4, 0.5) is 0 Å². The van der Waals surface area contributed by atoms with Gasteiger partial charge in [0.25, 0.3) is 10.4 Å². The summed E-state index contributed by atoms with van der Waals surface area (Å²) in [4.78, 5) is 33.2. The van der Waals surface area contributed by atoms with E-state index in [0.29, 0.717) is 124 Å². The summed E-state index contributed by atoms with van der Waals surface area (Å²) in [6.45, 7) is 9.33. The first-order chi connectivity index (χ1) is 42.1. The van der Waals surface area contributed by atoms with Gasteiger partial charge in [-0.2, -0.15) is 9.97 Å². The molecule has 4 aromatic carbocycles. The highest BCUT2D eigenvalue weighted by atomic mass is 35.5. The average Bonchev–Trinajstić information content (AvgIpc) is 3.54. The second-order valence-corrected chi connectivity index (χ2v) is 26.0. The standard InChI is InChI=1S/C31H30Cl2N2O8S.C30H28Cl2N2O8S/c1-14(2)41-20-9-16(30(36)37-3)10-23-26(20)34-31(44-23)42-22-13-40-28-21(12-39-29(22)28)38-11-17-25(35-43-27(17)15-7-8-15)24-18(32)5-4-6-19(24)33;1-13(2)40-19-8-15(29(35)36)9-22-25(19)33-30(43-22)41-21-12-39-27-20(11-38-28(21)27)37-10-16-24(34-42-26(16)14-6-7-14)23-17(31)4-3-5-18(23)32/h4-6,9-10,14-15,21-22,28-29H,7-8,11-13H2,1-3H3;3-5,8-9,13-14,20-21,27-28H,6-7,10-12H2,1-2H3,(H,35,36)/t21-,22-,28+,29+;20-,21-,27+,28+/m00/s1. The Hall–Kier alpha value is -5.86. The molecule has 1 N–H and O–H groups in total. The van der Waals surface area contributed by atoms with Gasteiger partial charge in [-0.3, -0.25) is 0 Å². The van der Waals surface area contributed by atoms with E-state index in [2.05, 4.69) is 20.3 Å². The molecular weight excluding hydrogens is 1250 g/mol. The first kappa shape index (κ1) is 60.1. The molecule has 8 atom stereocenters. The van der Waals surface area contributed by atoms with Gasteiger partial charge in [0.15, 0.2) is 12.2 Å². The Bertz CT molecular complexity index is 3840. The van der Waals surface area contributed by atoms with E-state index in [-0.39, 0.29) is 73.7 Å². The van der Waals surface area contributed by atoms with Gasteiger partial charge in [0.2, 0.25) is 0 Å². The topological polar surface area (TPSA) is 234 Å². The van der Waals surface area contributed by atoms with E-state index >= 15 is 0 Å². The maximum Gasteiger partial charge on any atom is 0.338 e. The minimum Gasteiger partial charge on any atom is -0.489 e. The number of aromatic nitrogens is 4. The van der Waals surface area contributed by atoms with E-state index in [4.69, 9.17) is 108 Å². The number of thiazole rings is 2. The molecule has 20 nitrogen and oxygen atoms in total. The largest absolute Gasteiger partial charge is 0.489 e. The van der Waals surface area contributed by atoms with E-state index in [1.165, 1.54) is 35.8 Å². The molecule has 2 saturated carbocycles. The Morgan fingerprint density at radius 3 is 1.37 bits per heavy atom. The number of rotatable bonds is 20. The molecule has 87 heavy (non-hydrogen) atoms. The third-order valence-corrected chi connectivity index (χ3v) is 18.6. The predicted molar refractivity (Wildman–Crippen MR) is 322 cm³/mol. The number of ether oxygens (including phenoxy) is 11. The van der Waals surface area contributed by atoms with Gasteiger partial charge in [-0.15, -0.1) is 0 Å². The van der Waals surface area contributed by atoms with Gasteiger partial charge in [0, 0.05) is 34.1 Å². The van der Waals surface area contributed by atoms with Crippen molar-refractivity contribution in [3.63, 3.8) is 0 Å². The third-order valence-electron chi connectivity index (χ3n) is 15.5. The van der Waals surface area contributed by atoms with Crippen LogP contribution in [-0.4, -0.2) is 132 Å². The SMILES string of the molecule is CC(C)Oc1cc(C(=O)O)cc2sc(O[C@H]3CO[C@H]4[C@@H]3OC[C@@H]4OCc3c(-c4c(Cl)cccc4Cl)noc3C3CC3)nc12.COC(=O)c1cc(OC(C)C)c2nc(O[C@H]3CO[C@H]4[C@@H]3OC[C@@H]4OCc3c(-c4c(Cl)cccc4Cl)noc3C3CC3)sc2c1. The highest BCUT2D eigenvalue weighted by Crippen LogP contribution is 2.49. The van der Waals surface area contributed by atoms with Crippen LogP contribution in [0, 0.1) is 0 Å². The normalized spacial score (nSPS) is 23.1. The van der Waals surface area contributed by atoms with Gasteiger partial charge in [0.05, 0.1) is 99.6 Å². The maximum absolute atomic E-state index is 12.3. The first-order valence-electron chi connectivity index (χ1n) is 28.5. The number of hydrogen-bond donors (Lipinski definition) is 1. The molecule has 0 radical (unpaired) electrons. The summed E-state index contributed by atoms with van der Waals surface area (Å²) >= 11 is 28.6. The van der Waals surface area contributed by atoms with Crippen LogP contribution in [0.25, 0.3) is 42.9 Å². The van der Waals surface area contributed by atoms with Gasteiger partial charge in [0.1, 0.15) is 82.1 Å². The van der Waals surface area contributed by atoms with Crippen LogP contribution in [-0.2, 0) is 46.4 Å². The number of benzene rings is 4. The number of methoxy groups -OCH3 is 1. The van der Waals surface area contributed by atoms with Crippen LogP contribution in [0.1, 0.15) is 109 Å². The Balaban J connectivity index is 0.000000161. The van der Waals surface area contributed by atoms with Gasteiger partial charge in [-0.1, -0.05) is 91.5 Å². The summed E-state index contributed by atoms with van der Waals surface area (Å²) in [5, 5.41) is 21.0. The second kappa shape index (κ2) is 25.2. The number of carbonyl (C=O) groups is 2. The zero-order valence-corrected chi connectivity index (χ0v) is 52.1. The van der Waals surface area contributed by atoms with Crippen LogP contribution < -0.4 is 18.9 Å². The average molecular weight is 1310 g/mol. The number of carboxylic acids is 1. The molecule has 8 aromatic rings. The Morgan fingerprint density at radius 1 is 0.586 bits per heavy atom. The zero-order chi connectivity index (χ0) is 60.4. The lowest BCUT2D eigenvalue weighted by molar-refractivity contribution is -0.0428. The summed E-state index contributed by atoms with van der Waals surface area (Å²) in [6.07, 6.45) is 1.06. The fourth-order valence-corrected chi connectivity index (χ4v) is 14.2. The summed E-state index contributed by atoms with van der Waals surface area (Å²) in [6, 6.07) is 17.1. The van der Waals surface area contributed by atoms with E-state index in [0.717, 1.165) is 53.0 Å². The van der Waals surface area contributed by atoms with Crippen molar-refractivity contribution in [3.05, 3.63) is 115 Å². The number of hydrogen-bond acceptors (Lipinski definition) is 21. The van der Waals surface area contributed by atoms with Crippen LogP contribution in [0.15, 0.2) is 69.7 Å². The minimum absolute atomic E-state index is 0.110. The maximum atomic E-state index is 12.3. The fraction of sp³-hybridized carbons (Fsp3) is 0.443. The molecule has 26 heteroatoms. The van der Waals surface area contributed by atoms with Crippen molar-refractivity contribution in [2.24, 2.45) is 0 Å². The van der Waals surface area contributed by atoms with Crippen molar-refractivity contribution in [2.75, 3.05) is 33.5 Å². The molecule has 6 fully saturated rings. The fourth-order valence-electron chi connectivity index (χ4n) is 11.2. The lowest BCUT2D eigenvalue weighted by atomic mass is 10.0. The van der Waals surface area contributed by atoms with E-state index in [1.807, 2.05) is 27.7 Å². The Labute approximate surface area is 526 Å². The van der Waals surface area contributed by atoms with Gasteiger partial charge >= 0.3 is 11.9 Å². The molecule has 4 aromatic heterocycles. The molecule has 458 valence electrons. The summed E-state index contributed by atoms with van der Waals surface area (Å²) < 4.78 is 79.5. The Kier molecular flexibility index (Phi) is 17.4. The molecule has 14 rings (SSSR count). The molecule has 0 bridgehead atoms. The number of aromatic carboxylic acids is 1. The van der Waals surface area contributed by atoms with Crippen molar-refractivity contribution in [1.82, 2.24) is 20.3 Å². The van der Waals surface area contributed by atoms with Crippen LogP contribution in [0.5, 0.6) is 21.9 Å². The van der Waals surface area contributed by atoms with E-state index in [1.54, 1.807) is 54.6 Å². The van der Waals surface area contributed by atoms with E-state index < -0.39 is 18.0 Å². The molecule has 6 aliphatic rings. The lowest BCUT2D eigenvalue weighted by Gasteiger charge is -2.17. The summed E-state index contributed by atoms with van der Waals surface area (Å²) in [5.74, 6) is 1.64. The minimum atomic E-state index is -1.04. The molecule has 8 heterocycles. The molecule has 0 amide bonds. The molecular formula is C61H58Cl4N4O16S2. The van der Waals surface area contributed by atoms with Crippen molar-refractivity contribution in [3.8, 4) is 44.4 Å². The molecule has 4 saturated heterocycles. The van der Waals surface area contributed by atoms with Crippen LogP contribution in [0.2, 0.25) is 20.1 Å². The summed E-state index contributed by atoms with van der Waals surface area (Å²) in [5.41, 5.74) is 5.79. The number of fused-ring (bicyclic) bond motifs is 4. The third kappa shape index (κ3) is 12.5. The van der Waals surface area contributed by atoms with Crippen molar-refractivity contribution in [1.29, 1.82) is 0 Å². The monoisotopic (exact) mass is 1310 g/mol. The highest BCUT2D eigenvalue weighted by molar-refractivity contribution is 7.20. The van der Waals surface area contributed by atoms with Crippen molar-refractivity contribution < 1.29 is 75.8 Å². The number of carbonyl (C=O) groups excluding carboxylic acids is 1. The van der Waals surface area contributed by atoms with Gasteiger partial charge < -0.3 is 66.3 Å². The molecule has 2 aliphatic carbocycles. The number of esters is 1. The van der Waals surface area contributed by atoms with Crippen LogP contribution in [0.3, 0.4) is 0 Å². The number of nitrogens with zero attached hydrogens (tertiary/aromatic N) is 4. The summed E-state index contributed by atoms with van der Waals surface area (Å²) in [7, 11) is 1.34. The van der Waals surface area contributed by atoms with Crippen molar-refractivity contribution >= 4 is 101 Å².